The van der Waals surface area contributed by atoms with Gasteiger partial charge in [-0.2, -0.15) is 0 Å². The van der Waals surface area contributed by atoms with E-state index in [1.165, 1.54) is 11.0 Å². The van der Waals surface area contributed by atoms with Crippen LogP contribution in [0, 0.1) is 5.82 Å². The van der Waals surface area contributed by atoms with E-state index >= 15 is 0 Å². The van der Waals surface area contributed by atoms with Gasteiger partial charge >= 0.3 is 0 Å². The average molecular weight is 515 g/mol. The van der Waals surface area contributed by atoms with Crippen LogP contribution in [0.2, 0.25) is 0 Å². The van der Waals surface area contributed by atoms with E-state index in [0.717, 1.165) is 11.3 Å². The second-order valence-corrected chi connectivity index (χ2v) is 9.88. The van der Waals surface area contributed by atoms with Gasteiger partial charge in [0.1, 0.15) is 11.6 Å². The first-order valence-electron chi connectivity index (χ1n) is 11.6. The van der Waals surface area contributed by atoms with Gasteiger partial charge in [-0.05, 0) is 54.1 Å². The highest BCUT2D eigenvalue weighted by Crippen LogP contribution is 2.36. The Balaban J connectivity index is 1.51. The quantitative estimate of drug-likeness (QED) is 0.389. The van der Waals surface area contributed by atoms with Gasteiger partial charge < -0.3 is 15.0 Å². The van der Waals surface area contributed by atoms with Gasteiger partial charge in [0.15, 0.2) is 0 Å². The number of ether oxygens (including phenoxy) is 1. The van der Waals surface area contributed by atoms with Crippen LogP contribution in [0.15, 0.2) is 101 Å². The van der Waals surface area contributed by atoms with Crippen molar-refractivity contribution in [3.8, 4) is 5.75 Å². The summed E-state index contributed by atoms with van der Waals surface area (Å²) < 4.78 is 33.3. The molecule has 0 saturated carbocycles. The van der Waals surface area contributed by atoms with Gasteiger partial charge in [0.05, 0.1) is 45.5 Å². The van der Waals surface area contributed by atoms with Crippen LogP contribution in [-0.4, -0.2) is 23.1 Å². The van der Waals surface area contributed by atoms with Crippen molar-refractivity contribution in [1.82, 2.24) is 5.32 Å². The van der Waals surface area contributed by atoms with E-state index in [4.69, 9.17) is 4.74 Å². The van der Waals surface area contributed by atoms with E-state index in [9.17, 15) is 18.2 Å². The summed E-state index contributed by atoms with van der Waals surface area (Å²) in [7, 11) is -0.0860. The molecule has 1 aliphatic heterocycles. The Kier molecular flexibility index (Phi) is 6.83. The first kappa shape index (κ1) is 24.4. The molecule has 0 saturated heterocycles. The Hall–Kier alpha value is -4.30. The molecule has 0 aromatic heterocycles. The van der Waals surface area contributed by atoms with E-state index in [-0.39, 0.29) is 24.6 Å². The summed E-state index contributed by atoms with van der Waals surface area (Å²) in [4.78, 5) is 28.8. The Bertz CT molecular complexity index is 1520. The van der Waals surface area contributed by atoms with Crippen molar-refractivity contribution in [1.29, 1.82) is 0 Å². The number of hydrogen-bond donors (Lipinski definition) is 1. The smallest absolute Gasteiger partial charge is 0.259 e. The molecule has 2 amide bonds. The van der Waals surface area contributed by atoms with E-state index in [1.807, 2.05) is 24.3 Å². The number of amides is 2. The molecule has 37 heavy (non-hydrogen) atoms. The van der Waals surface area contributed by atoms with Crippen molar-refractivity contribution in [3.63, 3.8) is 0 Å². The number of carbonyl (C=O) groups excluding carboxylic acids is 2. The van der Waals surface area contributed by atoms with Crippen molar-refractivity contribution in [2.75, 3.05) is 12.0 Å². The number of fused-ring (bicyclic) bond motifs is 2. The van der Waals surface area contributed by atoms with Crippen LogP contribution in [0.25, 0.3) is 0 Å². The minimum Gasteiger partial charge on any atom is -0.497 e. The minimum atomic E-state index is -1.67. The van der Waals surface area contributed by atoms with Crippen LogP contribution in [0.5, 0.6) is 5.75 Å². The molecule has 186 valence electrons. The van der Waals surface area contributed by atoms with Crippen LogP contribution >= 0.6 is 0 Å². The average Bonchev–Trinajstić information content (AvgIpc) is 3.02. The zero-order valence-electron chi connectivity index (χ0n) is 19.9. The van der Waals surface area contributed by atoms with Gasteiger partial charge in [-0.1, -0.05) is 42.5 Å². The maximum Gasteiger partial charge on any atom is 0.259 e. The summed E-state index contributed by atoms with van der Waals surface area (Å²) in [6.07, 6.45) is 0. The fourth-order valence-corrected chi connectivity index (χ4v) is 5.53. The summed E-state index contributed by atoms with van der Waals surface area (Å²) in [6.45, 7) is 0.204. The fraction of sp³-hybridized carbons (Fsp3) is 0.103. The summed E-state index contributed by atoms with van der Waals surface area (Å²) in [5.41, 5.74) is 2.07. The summed E-state index contributed by atoms with van der Waals surface area (Å²) >= 11 is 0. The summed E-state index contributed by atoms with van der Waals surface area (Å²) in [6, 6.07) is 24.9. The molecule has 4 aromatic rings. The highest BCUT2D eigenvalue weighted by Gasteiger charge is 2.32. The van der Waals surface area contributed by atoms with E-state index in [1.54, 1.807) is 67.8 Å². The lowest BCUT2D eigenvalue weighted by Gasteiger charge is -2.24. The molecule has 1 atom stereocenters. The number of nitrogens with zero attached hydrogens (tertiary/aromatic N) is 1. The number of carbonyl (C=O) groups is 2. The van der Waals surface area contributed by atoms with Crippen molar-refractivity contribution in [2.45, 2.75) is 22.9 Å². The van der Waals surface area contributed by atoms with Gasteiger partial charge in [-0.25, -0.2) is 8.60 Å². The largest absolute Gasteiger partial charge is 0.497 e. The lowest BCUT2D eigenvalue weighted by molar-refractivity contribution is 0.0947. The number of hydrogen-bond acceptors (Lipinski definition) is 4. The van der Waals surface area contributed by atoms with Gasteiger partial charge in [-0.15, -0.1) is 0 Å². The van der Waals surface area contributed by atoms with Gasteiger partial charge in [-0.3, -0.25) is 9.59 Å². The molecule has 0 radical (unpaired) electrons. The lowest BCUT2D eigenvalue weighted by atomic mass is 10.1. The molecular weight excluding hydrogens is 491 g/mol. The Morgan fingerprint density at radius 2 is 1.68 bits per heavy atom. The third-order valence-corrected chi connectivity index (χ3v) is 7.67. The van der Waals surface area contributed by atoms with Crippen LogP contribution in [-0.2, 0) is 23.9 Å². The monoisotopic (exact) mass is 514 g/mol. The van der Waals surface area contributed by atoms with Crippen molar-refractivity contribution < 1.29 is 22.9 Å². The molecular formula is C29H23FN2O4S. The first-order chi connectivity index (χ1) is 18.0. The number of benzene rings is 4. The Labute approximate surface area is 216 Å². The molecule has 0 spiro atoms. The molecule has 1 heterocycles. The molecule has 0 unspecified atom stereocenters. The maximum absolute atomic E-state index is 14.6. The molecule has 4 aromatic carbocycles. The SMILES string of the molecule is COc1ccc(CNC(=O)c2ccc3c(c2)N(Cc2ccccc2F)C(=O)c2ccccc2[S@@]3=O)cc1. The predicted octanol–water partition coefficient (Wildman–Crippen LogP) is 5.09. The Morgan fingerprint density at radius 3 is 2.43 bits per heavy atom. The van der Waals surface area contributed by atoms with Crippen molar-refractivity contribution in [3.05, 3.63) is 119 Å². The second-order valence-electron chi connectivity index (χ2n) is 8.46. The third-order valence-electron chi connectivity index (χ3n) is 6.17. The van der Waals surface area contributed by atoms with Crippen molar-refractivity contribution in [2.24, 2.45) is 0 Å². The van der Waals surface area contributed by atoms with Crippen LogP contribution in [0.1, 0.15) is 31.8 Å². The van der Waals surface area contributed by atoms with Gasteiger partial charge in [0.25, 0.3) is 11.8 Å². The molecule has 0 bridgehead atoms. The Morgan fingerprint density at radius 1 is 0.946 bits per heavy atom. The molecule has 1 aliphatic rings. The topological polar surface area (TPSA) is 75.7 Å². The highest BCUT2D eigenvalue weighted by molar-refractivity contribution is 7.85. The van der Waals surface area contributed by atoms with Gasteiger partial charge in [0, 0.05) is 17.7 Å². The number of nitrogens with one attached hydrogen (secondary N) is 1. The lowest BCUT2D eigenvalue weighted by Crippen LogP contribution is -2.31. The molecule has 0 fully saturated rings. The van der Waals surface area contributed by atoms with E-state index in [0.29, 0.717) is 26.6 Å². The van der Waals surface area contributed by atoms with Crippen LogP contribution < -0.4 is 15.0 Å². The van der Waals surface area contributed by atoms with Crippen molar-refractivity contribution >= 4 is 28.3 Å². The molecule has 6 nitrogen and oxygen atoms in total. The fourth-order valence-electron chi connectivity index (χ4n) is 4.19. The maximum atomic E-state index is 14.6. The summed E-state index contributed by atoms with van der Waals surface area (Å²) in [5.74, 6) is -0.510. The summed E-state index contributed by atoms with van der Waals surface area (Å²) in [5, 5.41) is 2.87. The van der Waals surface area contributed by atoms with Gasteiger partial charge in [0.2, 0.25) is 0 Å². The number of halogens is 1. The molecule has 8 heteroatoms. The minimum absolute atomic E-state index is 0.0824. The normalized spacial score (nSPS) is 14.4. The zero-order valence-corrected chi connectivity index (χ0v) is 20.8. The van der Waals surface area contributed by atoms with E-state index < -0.39 is 22.5 Å². The number of rotatable bonds is 6. The van der Waals surface area contributed by atoms with E-state index in [2.05, 4.69) is 5.32 Å². The zero-order chi connectivity index (χ0) is 25.9. The number of anilines is 1. The second kappa shape index (κ2) is 10.4. The predicted molar refractivity (Wildman–Crippen MR) is 139 cm³/mol. The molecule has 0 aliphatic carbocycles. The van der Waals surface area contributed by atoms with Crippen LogP contribution in [0.4, 0.5) is 10.1 Å². The third kappa shape index (κ3) is 4.88. The van der Waals surface area contributed by atoms with Crippen LogP contribution in [0.3, 0.4) is 0 Å². The number of methoxy groups -OCH3 is 1. The standard InChI is InChI=1S/C29H23FN2O4S/c1-36-22-13-10-19(11-14-22)17-31-28(33)20-12-15-27-25(16-20)32(18-21-6-2-4-8-24(21)30)29(34)23-7-3-5-9-26(23)37(27)35/h2-16H,17-18H2,1H3,(H,31,33)/t37-/m0/s1. The molecule has 5 rings (SSSR count). The highest BCUT2D eigenvalue weighted by atomic mass is 32.2. The molecule has 1 N–H and O–H groups in total. The first-order valence-corrected chi connectivity index (χ1v) is 12.7.